The van der Waals surface area contributed by atoms with Crippen molar-refractivity contribution in [3.63, 3.8) is 0 Å². The van der Waals surface area contributed by atoms with Gasteiger partial charge in [0.1, 0.15) is 0 Å². The standard InChI is InChI=1S/C21H22N2O4/c1-13-3-2-4-14(9-13)10-17(21(26)27)12-22-20(25)16-5-7-18-15(11-16)6-8-19(24)23-18/h2-5,7,9,11,17H,6,8,10,12H2,1H3,(H,22,25)(H,23,24)(H,26,27)/t17-/m0/s1. The number of carbonyl (C=O) groups is 3. The molecule has 0 aromatic heterocycles. The summed E-state index contributed by atoms with van der Waals surface area (Å²) in [5.74, 6) is -1.98. The highest BCUT2D eigenvalue weighted by Crippen LogP contribution is 2.23. The Balaban J connectivity index is 1.64. The molecular formula is C21H22N2O4. The number of amides is 2. The first-order chi connectivity index (χ1) is 12.9. The third kappa shape index (κ3) is 4.73. The Morgan fingerprint density at radius 1 is 1.19 bits per heavy atom. The fraction of sp³-hybridized carbons (Fsp3) is 0.286. The number of aliphatic carboxylic acids is 1. The molecule has 6 heteroatoms. The largest absolute Gasteiger partial charge is 0.481 e. The second-order valence-corrected chi connectivity index (χ2v) is 6.86. The molecule has 1 heterocycles. The average molecular weight is 366 g/mol. The lowest BCUT2D eigenvalue weighted by Crippen LogP contribution is -2.34. The van der Waals surface area contributed by atoms with Crippen LogP contribution in [0.2, 0.25) is 0 Å². The lowest BCUT2D eigenvalue weighted by molar-refractivity contribution is -0.141. The van der Waals surface area contributed by atoms with Crippen LogP contribution < -0.4 is 10.6 Å². The molecule has 0 radical (unpaired) electrons. The molecular weight excluding hydrogens is 344 g/mol. The zero-order chi connectivity index (χ0) is 19.4. The van der Waals surface area contributed by atoms with Gasteiger partial charge < -0.3 is 15.7 Å². The van der Waals surface area contributed by atoms with Crippen molar-refractivity contribution in [1.82, 2.24) is 5.32 Å². The van der Waals surface area contributed by atoms with Gasteiger partial charge in [0.15, 0.2) is 0 Å². The average Bonchev–Trinajstić information content (AvgIpc) is 2.64. The van der Waals surface area contributed by atoms with E-state index in [0.29, 0.717) is 24.8 Å². The summed E-state index contributed by atoms with van der Waals surface area (Å²) < 4.78 is 0. The molecule has 6 nitrogen and oxygen atoms in total. The van der Waals surface area contributed by atoms with Gasteiger partial charge in [0.2, 0.25) is 5.91 Å². The Morgan fingerprint density at radius 3 is 2.74 bits per heavy atom. The molecule has 1 aliphatic rings. The summed E-state index contributed by atoms with van der Waals surface area (Å²) in [7, 11) is 0. The summed E-state index contributed by atoms with van der Waals surface area (Å²) in [5, 5.41) is 15.0. The van der Waals surface area contributed by atoms with E-state index < -0.39 is 11.9 Å². The zero-order valence-electron chi connectivity index (χ0n) is 15.1. The monoisotopic (exact) mass is 366 g/mol. The molecule has 140 valence electrons. The SMILES string of the molecule is Cc1cccc(C[C@@H](CNC(=O)c2ccc3c(c2)CCC(=O)N3)C(=O)O)c1. The quantitative estimate of drug-likeness (QED) is 0.732. The first-order valence-electron chi connectivity index (χ1n) is 8.91. The van der Waals surface area contributed by atoms with Gasteiger partial charge in [0.25, 0.3) is 5.91 Å². The number of benzene rings is 2. The Bertz CT molecular complexity index is 892. The third-order valence-electron chi connectivity index (χ3n) is 4.69. The normalized spacial score (nSPS) is 14.0. The van der Waals surface area contributed by atoms with Crippen molar-refractivity contribution >= 4 is 23.5 Å². The topological polar surface area (TPSA) is 95.5 Å². The van der Waals surface area contributed by atoms with Gasteiger partial charge in [-0.2, -0.15) is 0 Å². The van der Waals surface area contributed by atoms with Crippen molar-refractivity contribution in [2.24, 2.45) is 5.92 Å². The molecule has 1 aliphatic heterocycles. The highest BCUT2D eigenvalue weighted by atomic mass is 16.4. The predicted molar refractivity (Wildman–Crippen MR) is 102 cm³/mol. The van der Waals surface area contributed by atoms with Crippen LogP contribution in [0.4, 0.5) is 5.69 Å². The van der Waals surface area contributed by atoms with Crippen molar-refractivity contribution in [2.45, 2.75) is 26.2 Å². The molecule has 2 aromatic carbocycles. The minimum Gasteiger partial charge on any atom is -0.481 e. The van der Waals surface area contributed by atoms with Gasteiger partial charge in [-0.1, -0.05) is 29.8 Å². The summed E-state index contributed by atoms with van der Waals surface area (Å²) in [5.41, 5.74) is 4.11. The van der Waals surface area contributed by atoms with E-state index in [1.54, 1.807) is 18.2 Å². The predicted octanol–water partition coefficient (Wildman–Crippen LogP) is 2.55. The third-order valence-corrected chi connectivity index (χ3v) is 4.69. The van der Waals surface area contributed by atoms with Crippen molar-refractivity contribution in [3.8, 4) is 0 Å². The van der Waals surface area contributed by atoms with E-state index in [4.69, 9.17) is 0 Å². The minimum atomic E-state index is -0.940. The van der Waals surface area contributed by atoms with Crippen molar-refractivity contribution in [3.05, 3.63) is 64.7 Å². The van der Waals surface area contributed by atoms with Crippen LogP contribution in [0.15, 0.2) is 42.5 Å². The van der Waals surface area contributed by atoms with Gasteiger partial charge in [-0.25, -0.2) is 0 Å². The van der Waals surface area contributed by atoms with Crippen LogP contribution in [0.5, 0.6) is 0 Å². The van der Waals surface area contributed by atoms with Gasteiger partial charge in [-0.15, -0.1) is 0 Å². The van der Waals surface area contributed by atoms with E-state index in [1.165, 1.54) is 0 Å². The molecule has 2 aromatic rings. The summed E-state index contributed by atoms with van der Waals surface area (Å²) in [4.78, 5) is 35.4. The van der Waals surface area contributed by atoms with Crippen molar-refractivity contribution < 1.29 is 19.5 Å². The van der Waals surface area contributed by atoms with Crippen LogP contribution in [0, 0.1) is 12.8 Å². The first kappa shape index (κ1) is 18.6. The Hall–Kier alpha value is -3.15. The van der Waals surface area contributed by atoms with E-state index in [9.17, 15) is 19.5 Å². The molecule has 0 saturated carbocycles. The number of hydrogen-bond acceptors (Lipinski definition) is 3. The maximum atomic E-state index is 12.4. The maximum absolute atomic E-state index is 12.4. The van der Waals surface area contributed by atoms with Crippen LogP contribution in [-0.4, -0.2) is 29.4 Å². The molecule has 0 spiro atoms. The fourth-order valence-electron chi connectivity index (χ4n) is 3.21. The lowest BCUT2D eigenvalue weighted by atomic mass is 9.97. The van der Waals surface area contributed by atoms with Crippen LogP contribution >= 0.6 is 0 Å². The van der Waals surface area contributed by atoms with Crippen LogP contribution in [0.1, 0.15) is 33.5 Å². The number of aryl methyl sites for hydroxylation is 2. The molecule has 0 fully saturated rings. The van der Waals surface area contributed by atoms with Crippen LogP contribution in [0.25, 0.3) is 0 Å². The number of carboxylic acids is 1. The van der Waals surface area contributed by atoms with Crippen molar-refractivity contribution in [2.75, 3.05) is 11.9 Å². The summed E-state index contributed by atoms with van der Waals surface area (Å²) in [6, 6.07) is 12.8. The molecule has 0 unspecified atom stereocenters. The molecule has 0 saturated heterocycles. The molecule has 1 atom stereocenters. The van der Waals surface area contributed by atoms with Gasteiger partial charge >= 0.3 is 5.97 Å². The van der Waals surface area contributed by atoms with Crippen molar-refractivity contribution in [1.29, 1.82) is 0 Å². The Morgan fingerprint density at radius 2 is 2.00 bits per heavy atom. The molecule has 0 aliphatic carbocycles. The van der Waals surface area contributed by atoms with E-state index in [0.717, 1.165) is 22.4 Å². The molecule has 0 bridgehead atoms. The second-order valence-electron chi connectivity index (χ2n) is 6.86. The number of rotatable bonds is 6. The van der Waals surface area contributed by atoms with Gasteiger partial charge in [0.05, 0.1) is 5.92 Å². The van der Waals surface area contributed by atoms with E-state index in [2.05, 4.69) is 10.6 Å². The molecule has 3 N–H and O–H groups in total. The van der Waals surface area contributed by atoms with Crippen LogP contribution in [0.3, 0.4) is 0 Å². The smallest absolute Gasteiger partial charge is 0.308 e. The second kappa shape index (κ2) is 8.03. The van der Waals surface area contributed by atoms with Crippen LogP contribution in [-0.2, 0) is 22.4 Å². The van der Waals surface area contributed by atoms with Gasteiger partial charge in [-0.3, -0.25) is 14.4 Å². The van der Waals surface area contributed by atoms with Gasteiger partial charge in [-0.05, 0) is 49.1 Å². The Labute approximate surface area is 157 Å². The minimum absolute atomic E-state index is 0.0276. The Kier molecular flexibility index (Phi) is 5.54. The zero-order valence-corrected chi connectivity index (χ0v) is 15.1. The van der Waals surface area contributed by atoms with E-state index in [-0.39, 0.29) is 18.4 Å². The fourth-order valence-corrected chi connectivity index (χ4v) is 3.21. The summed E-state index contributed by atoms with van der Waals surface area (Å²) in [6.45, 7) is 2.01. The molecule has 2 amide bonds. The summed E-state index contributed by atoms with van der Waals surface area (Å²) in [6.07, 6.45) is 1.34. The van der Waals surface area contributed by atoms with E-state index >= 15 is 0 Å². The number of anilines is 1. The number of carboxylic acid groups (broad SMARTS) is 1. The number of hydrogen-bond donors (Lipinski definition) is 3. The number of nitrogens with one attached hydrogen (secondary N) is 2. The van der Waals surface area contributed by atoms with Gasteiger partial charge in [0, 0.05) is 24.2 Å². The molecule has 3 rings (SSSR count). The maximum Gasteiger partial charge on any atom is 0.308 e. The highest BCUT2D eigenvalue weighted by Gasteiger charge is 2.21. The highest BCUT2D eigenvalue weighted by molar-refractivity contribution is 5.98. The number of carbonyl (C=O) groups excluding carboxylic acids is 2. The summed E-state index contributed by atoms with van der Waals surface area (Å²) >= 11 is 0. The first-order valence-corrected chi connectivity index (χ1v) is 8.91. The van der Waals surface area contributed by atoms with E-state index in [1.807, 2.05) is 31.2 Å². The number of fused-ring (bicyclic) bond motifs is 1. The molecule has 27 heavy (non-hydrogen) atoms. The lowest BCUT2D eigenvalue weighted by Gasteiger charge is -2.18.